The van der Waals surface area contributed by atoms with E-state index in [9.17, 15) is 22.8 Å². The average molecular weight is 470 g/mol. The molecule has 0 radical (unpaired) electrons. The number of benzene rings is 2. The normalized spacial score (nSPS) is 13.1. The summed E-state index contributed by atoms with van der Waals surface area (Å²) in [5.41, 5.74) is 3.02. The van der Waals surface area contributed by atoms with E-state index >= 15 is 0 Å². The first kappa shape index (κ1) is 22.5. The van der Waals surface area contributed by atoms with E-state index in [0.29, 0.717) is 29.9 Å². The Morgan fingerprint density at radius 1 is 1.09 bits per heavy atom. The largest absolute Gasteiger partial charge is 0.454 e. The third kappa shape index (κ3) is 4.34. The number of hydrogen-bond donors (Lipinski definition) is 1. The van der Waals surface area contributed by atoms with Crippen LogP contribution < -0.4 is 9.99 Å². The van der Waals surface area contributed by atoms with E-state index in [-0.39, 0.29) is 22.8 Å². The fraction of sp³-hybridized carbons (Fsp3) is 0.261. The van der Waals surface area contributed by atoms with Crippen LogP contribution in [0.4, 0.5) is 5.69 Å². The predicted molar refractivity (Wildman–Crippen MR) is 123 cm³/mol. The van der Waals surface area contributed by atoms with Crippen LogP contribution in [0, 0.1) is 6.92 Å². The summed E-state index contributed by atoms with van der Waals surface area (Å²) in [6, 6.07) is 11.1. The maximum Gasteiger partial charge on any atom is 0.338 e. The lowest BCUT2D eigenvalue weighted by Crippen LogP contribution is -2.30. The van der Waals surface area contributed by atoms with Crippen molar-refractivity contribution in [2.24, 2.45) is 0 Å². The molecule has 0 atom stereocenters. The number of imidazole rings is 1. The van der Waals surface area contributed by atoms with Gasteiger partial charge in [-0.3, -0.25) is 13.7 Å². The molecule has 10 heteroatoms. The number of sulfonamides is 1. The zero-order valence-electron chi connectivity index (χ0n) is 18.2. The van der Waals surface area contributed by atoms with Crippen molar-refractivity contribution in [2.75, 3.05) is 23.2 Å². The molecule has 0 aliphatic carbocycles. The number of esters is 1. The molecule has 172 valence electrons. The lowest BCUT2D eigenvalue weighted by atomic mass is 10.1. The van der Waals surface area contributed by atoms with E-state index in [4.69, 9.17) is 4.74 Å². The zero-order chi connectivity index (χ0) is 23.8. The van der Waals surface area contributed by atoms with Gasteiger partial charge in [0.05, 0.1) is 22.7 Å². The van der Waals surface area contributed by atoms with Gasteiger partial charge in [0.2, 0.25) is 10.0 Å². The molecular formula is C23H23N3O6S. The lowest BCUT2D eigenvalue weighted by molar-refractivity contribution is 0.0475. The van der Waals surface area contributed by atoms with Crippen LogP contribution in [0.5, 0.6) is 0 Å². The first-order valence-corrected chi connectivity index (χ1v) is 12.0. The number of carbonyl (C=O) groups excluding carboxylic acids is 2. The number of fused-ring (bicyclic) bond motifs is 1. The van der Waals surface area contributed by atoms with Gasteiger partial charge in [-0.2, -0.15) is 0 Å². The zero-order valence-corrected chi connectivity index (χ0v) is 19.0. The molecule has 0 saturated carbocycles. The Kier molecular flexibility index (Phi) is 5.94. The van der Waals surface area contributed by atoms with Gasteiger partial charge in [-0.05, 0) is 68.3 Å². The Morgan fingerprint density at radius 2 is 1.79 bits per heavy atom. The second-order valence-corrected chi connectivity index (χ2v) is 9.86. The van der Waals surface area contributed by atoms with Crippen molar-refractivity contribution in [3.8, 4) is 5.69 Å². The first-order valence-electron chi connectivity index (χ1n) is 10.4. The van der Waals surface area contributed by atoms with Gasteiger partial charge < -0.3 is 9.72 Å². The molecule has 33 heavy (non-hydrogen) atoms. The fourth-order valence-electron chi connectivity index (χ4n) is 3.81. The van der Waals surface area contributed by atoms with Gasteiger partial charge >= 0.3 is 11.7 Å². The fourth-order valence-corrected chi connectivity index (χ4v) is 4.97. The third-order valence-electron chi connectivity index (χ3n) is 5.61. The number of aromatic nitrogens is 2. The Balaban J connectivity index is 1.41. The summed E-state index contributed by atoms with van der Waals surface area (Å²) in [5.74, 6) is -1.03. The van der Waals surface area contributed by atoms with E-state index in [1.54, 1.807) is 50.4 Å². The van der Waals surface area contributed by atoms with Crippen LogP contribution in [0.3, 0.4) is 0 Å². The SMILES string of the molecule is CCS(=O)(=O)N1CCc2cc(C(=O)COC(=O)c3ccc(-n4c(C)c[nH]c4=O)cc3)ccc21. The average Bonchev–Trinajstić information content (AvgIpc) is 3.40. The first-order chi connectivity index (χ1) is 15.7. The number of aromatic amines is 1. The van der Waals surface area contributed by atoms with E-state index in [1.165, 1.54) is 21.0 Å². The van der Waals surface area contributed by atoms with Crippen molar-refractivity contribution >= 4 is 27.5 Å². The number of ketones is 1. The molecule has 1 aliphatic heterocycles. The molecular weight excluding hydrogens is 446 g/mol. The molecule has 1 N–H and O–H groups in total. The number of nitrogens with one attached hydrogen (secondary N) is 1. The summed E-state index contributed by atoms with van der Waals surface area (Å²) >= 11 is 0. The summed E-state index contributed by atoms with van der Waals surface area (Å²) < 4.78 is 32.4. The number of ether oxygens (including phenoxy) is 1. The van der Waals surface area contributed by atoms with Crippen molar-refractivity contribution in [3.63, 3.8) is 0 Å². The number of nitrogens with zero attached hydrogens (tertiary/aromatic N) is 2. The van der Waals surface area contributed by atoms with Gasteiger partial charge in [-0.25, -0.2) is 18.0 Å². The number of anilines is 1. The molecule has 0 unspecified atom stereocenters. The minimum Gasteiger partial charge on any atom is -0.454 e. The van der Waals surface area contributed by atoms with Crippen molar-refractivity contribution in [2.45, 2.75) is 20.3 Å². The van der Waals surface area contributed by atoms with Crippen LogP contribution in [0.15, 0.2) is 53.5 Å². The Labute approximate surface area is 190 Å². The molecule has 0 saturated heterocycles. The van der Waals surface area contributed by atoms with Gasteiger partial charge in [-0.1, -0.05) is 0 Å². The summed E-state index contributed by atoms with van der Waals surface area (Å²) in [6.07, 6.45) is 2.11. The molecule has 0 spiro atoms. The van der Waals surface area contributed by atoms with Crippen LogP contribution >= 0.6 is 0 Å². The number of hydrogen-bond acceptors (Lipinski definition) is 6. The predicted octanol–water partition coefficient (Wildman–Crippen LogP) is 2.23. The maximum atomic E-state index is 12.5. The minimum atomic E-state index is -3.36. The highest BCUT2D eigenvalue weighted by atomic mass is 32.2. The van der Waals surface area contributed by atoms with Crippen molar-refractivity contribution < 1.29 is 22.7 Å². The number of aryl methyl sites for hydroxylation is 1. The highest BCUT2D eigenvalue weighted by molar-refractivity contribution is 7.92. The van der Waals surface area contributed by atoms with Gasteiger partial charge in [-0.15, -0.1) is 0 Å². The third-order valence-corrected chi connectivity index (χ3v) is 7.39. The highest BCUT2D eigenvalue weighted by Gasteiger charge is 2.28. The van der Waals surface area contributed by atoms with E-state index < -0.39 is 22.6 Å². The van der Waals surface area contributed by atoms with Crippen molar-refractivity contribution in [1.29, 1.82) is 0 Å². The Bertz CT molecular complexity index is 1390. The molecule has 0 amide bonds. The Hall–Kier alpha value is -3.66. The molecule has 0 fully saturated rings. The maximum absolute atomic E-state index is 12.5. The van der Waals surface area contributed by atoms with E-state index in [0.717, 1.165) is 11.3 Å². The number of rotatable bonds is 7. The highest BCUT2D eigenvalue weighted by Crippen LogP contribution is 2.31. The summed E-state index contributed by atoms with van der Waals surface area (Å²) in [7, 11) is -3.36. The molecule has 9 nitrogen and oxygen atoms in total. The molecule has 2 aromatic carbocycles. The minimum absolute atomic E-state index is 0.00554. The molecule has 1 aliphatic rings. The van der Waals surface area contributed by atoms with Gasteiger partial charge in [0, 0.05) is 24.0 Å². The lowest BCUT2D eigenvalue weighted by Gasteiger charge is -2.18. The van der Waals surface area contributed by atoms with Crippen LogP contribution in [-0.4, -0.2) is 48.6 Å². The molecule has 3 aromatic rings. The quantitative estimate of drug-likeness (QED) is 0.419. The van der Waals surface area contributed by atoms with Crippen molar-refractivity contribution in [3.05, 3.63) is 81.5 Å². The second kappa shape index (κ2) is 8.70. The summed E-state index contributed by atoms with van der Waals surface area (Å²) in [5, 5.41) is 0. The molecule has 1 aromatic heterocycles. The van der Waals surface area contributed by atoms with Gasteiger partial charge in [0.25, 0.3) is 0 Å². The molecule has 0 bridgehead atoms. The summed E-state index contributed by atoms with van der Waals surface area (Å²) in [4.78, 5) is 39.4. The number of H-pyrrole nitrogens is 1. The smallest absolute Gasteiger partial charge is 0.338 e. The monoisotopic (exact) mass is 469 g/mol. The van der Waals surface area contributed by atoms with E-state index in [1.807, 2.05) is 0 Å². The molecule has 4 rings (SSSR count). The topological polar surface area (TPSA) is 119 Å². The Morgan fingerprint density at radius 3 is 2.42 bits per heavy atom. The van der Waals surface area contributed by atoms with Gasteiger partial charge in [0.1, 0.15) is 0 Å². The van der Waals surface area contributed by atoms with Crippen LogP contribution in [-0.2, 0) is 21.2 Å². The van der Waals surface area contributed by atoms with E-state index in [2.05, 4.69) is 4.98 Å². The number of carbonyl (C=O) groups is 2. The van der Waals surface area contributed by atoms with Gasteiger partial charge in [0.15, 0.2) is 12.4 Å². The number of Topliss-reactive ketones (excluding diaryl/α,β-unsaturated/α-hetero) is 1. The standard InChI is InChI=1S/C23H23N3O6S/c1-3-33(30,31)25-11-10-17-12-18(6-9-20(17)25)21(27)14-32-22(28)16-4-7-19(8-5-16)26-15(2)13-24-23(26)29/h4-9,12-13H,3,10-11,14H2,1-2H3,(H,24,29). The van der Waals surface area contributed by atoms with Crippen LogP contribution in [0.1, 0.15) is 38.9 Å². The van der Waals surface area contributed by atoms with Crippen molar-refractivity contribution in [1.82, 2.24) is 9.55 Å². The molecule has 2 heterocycles. The second-order valence-electron chi connectivity index (χ2n) is 7.68. The van der Waals surface area contributed by atoms with Crippen LogP contribution in [0.25, 0.3) is 5.69 Å². The summed E-state index contributed by atoms with van der Waals surface area (Å²) in [6.45, 7) is 3.29. The van der Waals surface area contributed by atoms with Crippen LogP contribution in [0.2, 0.25) is 0 Å².